The number of anilines is 2. The van der Waals surface area contributed by atoms with Crippen LogP contribution in [0, 0.1) is 33.5 Å². The van der Waals surface area contributed by atoms with E-state index < -0.39 is 11.9 Å². The van der Waals surface area contributed by atoms with E-state index in [0.29, 0.717) is 44.1 Å². The van der Waals surface area contributed by atoms with Crippen molar-refractivity contribution in [2.24, 2.45) is 22.2 Å². The van der Waals surface area contributed by atoms with Gasteiger partial charge in [-0.3, -0.25) is 24.5 Å². The van der Waals surface area contributed by atoms with E-state index in [-0.39, 0.29) is 53.2 Å². The number of ether oxygens (including phenoxy) is 1. The van der Waals surface area contributed by atoms with E-state index in [1.54, 1.807) is 30.5 Å². The number of halogens is 1. The fraction of sp³-hybridized carbons (Fsp3) is 0.511. The lowest BCUT2D eigenvalue weighted by molar-refractivity contribution is -0.164. The Bertz CT molecular complexity index is 2490. The number of pyridine rings is 1. The predicted octanol–water partition coefficient (Wildman–Crippen LogP) is 4.73. The fourth-order valence-electron chi connectivity index (χ4n) is 11.0. The molecular formula is C45H51ClN10O5. The second-order valence-corrected chi connectivity index (χ2v) is 19.4. The van der Waals surface area contributed by atoms with Crippen molar-refractivity contribution in [2.75, 3.05) is 55.6 Å². The first-order chi connectivity index (χ1) is 29.1. The number of hydrogen-bond acceptors (Lipinski definition) is 12. The molecule has 4 saturated heterocycles. The standard InChI is InChI=1S/C45H51ClN10O5/c1-43(2)41(44(3,4)42(43)61-31-8-5-28(21-47)33(46)20-31)50-38(58)29-6-11-36(48-22-29)55-16-13-27(24-55)23-53-25-45(26-53)14-17-54(18-15-45)30-7-9-32-34(19-30)51-52-56(40(32)60)35-10-12-37(57)49-39(35)59/h5-9,11,19-20,22,27,35,41-42H,10,12-18,23-26H2,1-4H3,(H,50,58)(H,49,57,59)/t27-,35?,41?,42?/m1/s1. The molecule has 4 aliphatic heterocycles. The average molecular weight is 847 g/mol. The maximum Gasteiger partial charge on any atom is 0.278 e. The number of nitrogens with zero attached hydrogens (tertiary/aromatic N) is 8. The van der Waals surface area contributed by atoms with Crippen LogP contribution in [0.25, 0.3) is 10.9 Å². The summed E-state index contributed by atoms with van der Waals surface area (Å²) in [6.45, 7) is 15.4. The predicted molar refractivity (Wildman–Crippen MR) is 229 cm³/mol. The summed E-state index contributed by atoms with van der Waals surface area (Å²) in [6, 6.07) is 15.6. The zero-order valence-electron chi connectivity index (χ0n) is 35.0. The largest absolute Gasteiger partial charge is 0.489 e. The van der Waals surface area contributed by atoms with Crippen LogP contribution in [0.3, 0.4) is 0 Å². The average Bonchev–Trinajstić information content (AvgIpc) is 3.70. The number of nitriles is 1. The summed E-state index contributed by atoms with van der Waals surface area (Å²) < 4.78 is 7.48. The first-order valence-electron chi connectivity index (χ1n) is 21.2. The van der Waals surface area contributed by atoms with Gasteiger partial charge in [0.1, 0.15) is 35.3 Å². The monoisotopic (exact) mass is 846 g/mol. The summed E-state index contributed by atoms with van der Waals surface area (Å²) in [5, 5.41) is 23.9. The van der Waals surface area contributed by atoms with Crippen LogP contribution in [0.15, 0.2) is 59.5 Å². The van der Waals surface area contributed by atoms with Gasteiger partial charge in [-0.2, -0.15) is 9.94 Å². The van der Waals surface area contributed by atoms with Crippen molar-refractivity contribution >= 4 is 51.7 Å². The van der Waals surface area contributed by atoms with Crippen LogP contribution in [0.1, 0.15) is 81.8 Å². The van der Waals surface area contributed by atoms with Crippen LogP contribution in [0.4, 0.5) is 11.5 Å². The van der Waals surface area contributed by atoms with Crippen LogP contribution in [-0.4, -0.2) is 101 Å². The van der Waals surface area contributed by atoms with Gasteiger partial charge in [0, 0.05) is 87.1 Å². The second kappa shape index (κ2) is 15.4. The number of rotatable bonds is 9. The topological polar surface area (TPSA) is 179 Å². The number of fused-ring (bicyclic) bond motifs is 1. The first kappa shape index (κ1) is 40.8. The van der Waals surface area contributed by atoms with Gasteiger partial charge in [0.2, 0.25) is 5.91 Å². The van der Waals surface area contributed by atoms with Crippen molar-refractivity contribution in [3.63, 3.8) is 0 Å². The van der Waals surface area contributed by atoms with E-state index in [9.17, 15) is 24.4 Å². The molecular weight excluding hydrogens is 796 g/mol. The molecule has 318 valence electrons. The van der Waals surface area contributed by atoms with E-state index >= 15 is 0 Å². The highest BCUT2D eigenvalue weighted by Gasteiger charge is 2.64. The second-order valence-electron chi connectivity index (χ2n) is 19.0. The summed E-state index contributed by atoms with van der Waals surface area (Å²) in [4.78, 5) is 62.7. The summed E-state index contributed by atoms with van der Waals surface area (Å²) in [5.41, 5.74) is 1.65. The molecule has 9 rings (SSSR count). The molecule has 4 aromatic rings. The van der Waals surface area contributed by atoms with Gasteiger partial charge in [-0.05, 0) is 79.5 Å². The molecule has 16 heteroatoms. The van der Waals surface area contributed by atoms with E-state index in [4.69, 9.17) is 21.3 Å². The molecule has 2 N–H and O–H groups in total. The molecule has 61 heavy (non-hydrogen) atoms. The van der Waals surface area contributed by atoms with Crippen LogP contribution >= 0.6 is 11.6 Å². The lowest BCUT2D eigenvalue weighted by Crippen LogP contribution is -2.74. The van der Waals surface area contributed by atoms with Gasteiger partial charge < -0.3 is 24.8 Å². The third-order valence-corrected chi connectivity index (χ3v) is 14.4. The van der Waals surface area contributed by atoms with E-state index in [0.717, 1.165) is 81.3 Å². The number of hydrogen-bond donors (Lipinski definition) is 2. The Morgan fingerprint density at radius 1 is 0.984 bits per heavy atom. The minimum atomic E-state index is -0.841. The maximum atomic E-state index is 13.5. The molecule has 2 aromatic heterocycles. The van der Waals surface area contributed by atoms with Crippen molar-refractivity contribution in [1.29, 1.82) is 5.26 Å². The Morgan fingerprint density at radius 3 is 2.44 bits per heavy atom. The highest BCUT2D eigenvalue weighted by atomic mass is 35.5. The molecule has 6 heterocycles. The molecule has 1 spiro atoms. The number of carbonyl (C=O) groups is 3. The quantitative estimate of drug-likeness (QED) is 0.222. The minimum absolute atomic E-state index is 0.141. The zero-order chi connectivity index (χ0) is 42.8. The summed E-state index contributed by atoms with van der Waals surface area (Å²) >= 11 is 6.26. The third kappa shape index (κ3) is 7.47. The third-order valence-electron chi connectivity index (χ3n) is 14.0. The Balaban J connectivity index is 0.731. The van der Waals surface area contributed by atoms with Gasteiger partial charge in [0.05, 0.1) is 21.5 Å². The number of amides is 3. The summed E-state index contributed by atoms with van der Waals surface area (Å²) in [6.07, 6.45) is 5.18. The highest BCUT2D eigenvalue weighted by Crippen LogP contribution is 2.55. The SMILES string of the molecule is CC1(C)C(NC(=O)c2ccc(N3CC[C@H](CN4CC5(CCN(c6ccc7c(=O)n(C8CCC(=O)NC8=O)nnc7c6)CC5)C4)C3)nc2)C(C)(C)C1Oc1ccc(C#N)c(Cl)c1. The molecule has 15 nitrogen and oxygen atoms in total. The maximum absolute atomic E-state index is 13.5. The van der Waals surface area contributed by atoms with Crippen molar-refractivity contribution in [1.82, 2.24) is 35.5 Å². The lowest BCUT2D eigenvalue weighted by atomic mass is 9.49. The smallest absolute Gasteiger partial charge is 0.278 e. The van der Waals surface area contributed by atoms with Crippen molar-refractivity contribution in [3.05, 3.63) is 81.2 Å². The highest BCUT2D eigenvalue weighted by molar-refractivity contribution is 6.31. The van der Waals surface area contributed by atoms with Gasteiger partial charge in [-0.15, -0.1) is 5.10 Å². The Labute approximate surface area is 359 Å². The number of benzene rings is 2. The van der Waals surface area contributed by atoms with Gasteiger partial charge in [0.25, 0.3) is 17.4 Å². The van der Waals surface area contributed by atoms with Crippen LogP contribution in [0.5, 0.6) is 5.75 Å². The number of carbonyl (C=O) groups excluding carboxylic acids is 3. The molecule has 2 atom stereocenters. The van der Waals surface area contributed by atoms with Crippen LogP contribution in [0.2, 0.25) is 5.02 Å². The number of imide groups is 1. The number of piperidine rings is 2. The van der Waals surface area contributed by atoms with E-state index in [1.165, 1.54) is 0 Å². The number of nitrogens with one attached hydrogen (secondary N) is 2. The first-order valence-corrected chi connectivity index (χ1v) is 21.6. The summed E-state index contributed by atoms with van der Waals surface area (Å²) in [7, 11) is 0. The van der Waals surface area contributed by atoms with Crippen molar-refractivity contribution in [3.8, 4) is 11.8 Å². The molecule has 5 aliphatic rings. The molecule has 3 amide bonds. The Kier molecular flexibility index (Phi) is 10.3. The molecule has 1 saturated carbocycles. The fourth-order valence-corrected chi connectivity index (χ4v) is 11.2. The summed E-state index contributed by atoms with van der Waals surface area (Å²) in [5.74, 6) is 1.02. The van der Waals surface area contributed by atoms with Crippen molar-refractivity contribution in [2.45, 2.75) is 78.0 Å². The van der Waals surface area contributed by atoms with E-state index in [1.807, 2.05) is 24.3 Å². The van der Waals surface area contributed by atoms with Crippen LogP contribution in [-0.2, 0) is 9.59 Å². The lowest BCUT2D eigenvalue weighted by Gasteiger charge is -2.63. The van der Waals surface area contributed by atoms with Crippen LogP contribution < -0.4 is 30.7 Å². The molecule has 1 unspecified atom stereocenters. The number of likely N-dealkylation sites (tertiary alicyclic amines) is 1. The Hall–Kier alpha value is -5.59. The van der Waals surface area contributed by atoms with Gasteiger partial charge in [-0.25, -0.2) is 4.98 Å². The Morgan fingerprint density at radius 2 is 1.75 bits per heavy atom. The molecule has 1 aliphatic carbocycles. The normalized spacial score (nSPS) is 25.4. The van der Waals surface area contributed by atoms with E-state index in [2.05, 4.69) is 69.4 Å². The van der Waals surface area contributed by atoms with Gasteiger partial charge in [-0.1, -0.05) is 44.5 Å². The molecule has 5 fully saturated rings. The molecule has 0 bridgehead atoms. The molecule has 0 radical (unpaired) electrons. The van der Waals surface area contributed by atoms with Gasteiger partial charge in [0.15, 0.2) is 0 Å². The zero-order valence-corrected chi connectivity index (χ0v) is 35.7. The molecule has 2 aromatic carbocycles. The number of aromatic nitrogens is 4. The van der Waals surface area contributed by atoms with Gasteiger partial charge >= 0.3 is 0 Å². The minimum Gasteiger partial charge on any atom is -0.489 e. The van der Waals surface area contributed by atoms with Crippen molar-refractivity contribution < 1.29 is 19.1 Å².